The van der Waals surface area contributed by atoms with E-state index in [1.54, 1.807) is 31.2 Å². The molecule has 3 aromatic carbocycles. The second-order valence-corrected chi connectivity index (χ2v) is 7.23. The molecule has 0 spiro atoms. The van der Waals surface area contributed by atoms with Gasteiger partial charge in [-0.25, -0.2) is 18.0 Å². The van der Waals surface area contributed by atoms with Crippen molar-refractivity contribution in [3.05, 3.63) is 88.0 Å². The third-order valence-electron chi connectivity index (χ3n) is 4.82. The first kappa shape index (κ1) is 25.5. The van der Waals surface area contributed by atoms with E-state index >= 15 is 0 Å². The van der Waals surface area contributed by atoms with E-state index in [9.17, 15) is 31.5 Å². The number of hydrogen-bond donors (Lipinski definition) is 0. The van der Waals surface area contributed by atoms with Gasteiger partial charge in [0.25, 0.3) is 0 Å². The van der Waals surface area contributed by atoms with Crippen LogP contribution in [0.2, 0.25) is 0 Å². The zero-order chi connectivity index (χ0) is 26.7. The number of hydrogen-bond acceptors (Lipinski definition) is 7. The first-order valence-electron chi connectivity index (χ1n) is 10.5. The van der Waals surface area contributed by atoms with Gasteiger partial charge in [-0.2, -0.15) is 8.78 Å². The number of esters is 1. The van der Waals surface area contributed by atoms with Crippen molar-refractivity contribution in [1.82, 2.24) is 0 Å². The molecule has 4 rings (SSSR count). The molecule has 0 saturated heterocycles. The molecule has 37 heavy (non-hydrogen) atoms. The number of benzene rings is 3. The Labute approximate surface area is 204 Å². The topological polar surface area (TPSA) is 84.2 Å². The molecule has 192 valence electrons. The number of carbonyl (C=O) groups excluding carboxylic acids is 1. The molecule has 0 unspecified atom stereocenters. The minimum Gasteiger partial charge on any atom is -0.490 e. The van der Waals surface area contributed by atoms with Gasteiger partial charge in [0.05, 0.1) is 12.0 Å². The fourth-order valence-corrected chi connectivity index (χ4v) is 3.16. The van der Waals surface area contributed by atoms with Gasteiger partial charge in [-0.3, -0.25) is 4.79 Å². The lowest BCUT2D eigenvalue weighted by molar-refractivity contribution is -0.136. The summed E-state index contributed by atoms with van der Waals surface area (Å²) in [6.07, 6.45) is 1.05. The Morgan fingerprint density at radius 2 is 1.49 bits per heavy atom. The summed E-state index contributed by atoms with van der Waals surface area (Å²) in [5, 5.41) is 0.0730. The Balaban J connectivity index is 1.49. The molecule has 0 aliphatic carbocycles. The lowest BCUT2D eigenvalue weighted by Crippen LogP contribution is -2.19. The van der Waals surface area contributed by atoms with Crippen LogP contribution in [0, 0.1) is 29.1 Å². The van der Waals surface area contributed by atoms with Crippen LogP contribution in [-0.4, -0.2) is 19.2 Å². The smallest absolute Gasteiger partial charge is 0.349 e. The number of carbonyl (C=O) groups is 1. The van der Waals surface area contributed by atoms with Crippen LogP contribution in [0.25, 0.3) is 11.0 Å². The molecule has 0 aliphatic heterocycles. The molecule has 0 aliphatic rings. The highest BCUT2D eigenvalue weighted by molar-refractivity contribution is 5.81. The molecule has 0 fully saturated rings. The minimum atomic E-state index is -2.37. The van der Waals surface area contributed by atoms with Gasteiger partial charge in [-0.15, -0.1) is 0 Å². The Morgan fingerprint density at radius 1 is 0.838 bits per heavy atom. The second-order valence-electron chi connectivity index (χ2n) is 7.23. The van der Waals surface area contributed by atoms with Gasteiger partial charge in [-0.05, 0) is 31.2 Å². The standard InChI is InChI=1S/C25H15F5O7/c1-2-33-14-5-3-4-6-15(14)37-17-10-34-16-9-12(7-8-13(16)24(17)32)36-18(31)11-35-25-22(29)20(27)19(26)21(28)23(25)30/h3-10H,2,11H2,1H3. The monoisotopic (exact) mass is 522 g/mol. The predicted molar refractivity (Wildman–Crippen MR) is 118 cm³/mol. The number of rotatable bonds is 8. The molecule has 0 atom stereocenters. The normalized spacial score (nSPS) is 10.9. The molecule has 12 heteroatoms. The van der Waals surface area contributed by atoms with Gasteiger partial charge in [0, 0.05) is 6.07 Å². The first-order valence-corrected chi connectivity index (χ1v) is 10.5. The van der Waals surface area contributed by atoms with Crippen LogP contribution < -0.4 is 24.4 Å². The van der Waals surface area contributed by atoms with Gasteiger partial charge < -0.3 is 23.4 Å². The third-order valence-corrected chi connectivity index (χ3v) is 4.82. The maximum Gasteiger partial charge on any atom is 0.349 e. The Bertz CT molecular complexity index is 1520. The van der Waals surface area contributed by atoms with E-state index in [1.807, 2.05) is 0 Å². The summed E-state index contributed by atoms with van der Waals surface area (Å²) >= 11 is 0. The molecule has 0 bridgehead atoms. The highest BCUT2D eigenvalue weighted by atomic mass is 19.2. The second kappa shape index (κ2) is 10.6. The van der Waals surface area contributed by atoms with Crippen molar-refractivity contribution in [3.63, 3.8) is 0 Å². The quantitative estimate of drug-likeness (QED) is 0.0970. The van der Waals surface area contributed by atoms with Crippen LogP contribution in [-0.2, 0) is 4.79 Å². The molecule has 0 saturated carbocycles. The fourth-order valence-electron chi connectivity index (χ4n) is 3.16. The van der Waals surface area contributed by atoms with Gasteiger partial charge >= 0.3 is 5.97 Å². The van der Waals surface area contributed by atoms with Crippen molar-refractivity contribution in [2.24, 2.45) is 0 Å². The Morgan fingerprint density at radius 3 is 2.16 bits per heavy atom. The van der Waals surface area contributed by atoms with E-state index in [0.29, 0.717) is 12.4 Å². The molecule has 0 N–H and O–H groups in total. The molecule has 7 nitrogen and oxygen atoms in total. The fraction of sp³-hybridized carbons (Fsp3) is 0.120. The summed E-state index contributed by atoms with van der Waals surface area (Å²) in [5.41, 5.74) is -0.540. The Hall–Kier alpha value is -4.61. The number of halogens is 5. The van der Waals surface area contributed by atoms with Crippen LogP contribution in [0.15, 0.2) is 57.9 Å². The first-order chi connectivity index (χ1) is 17.7. The van der Waals surface area contributed by atoms with Gasteiger partial charge in [-0.1, -0.05) is 12.1 Å². The summed E-state index contributed by atoms with van der Waals surface area (Å²) in [7, 11) is 0. The number of fused-ring (bicyclic) bond motifs is 1. The summed E-state index contributed by atoms with van der Waals surface area (Å²) in [6, 6.07) is 10.4. The highest BCUT2D eigenvalue weighted by Crippen LogP contribution is 2.32. The molecule has 0 amide bonds. The average Bonchev–Trinajstić information content (AvgIpc) is 2.89. The molecule has 1 heterocycles. The van der Waals surface area contributed by atoms with Crippen molar-refractivity contribution in [2.75, 3.05) is 13.2 Å². The lowest BCUT2D eigenvalue weighted by Gasteiger charge is -2.11. The van der Waals surface area contributed by atoms with Crippen LogP contribution in [0.1, 0.15) is 6.92 Å². The van der Waals surface area contributed by atoms with Crippen LogP contribution in [0.3, 0.4) is 0 Å². The average molecular weight is 522 g/mol. The number of ether oxygens (including phenoxy) is 4. The van der Waals surface area contributed by atoms with E-state index in [-0.39, 0.29) is 28.2 Å². The summed E-state index contributed by atoms with van der Waals surface area (Å²) in [6.45, 7) is 0.976. The van der Waals surface area contributed by atoms with Crippen LogP contribution in [0.4, 0.5) is 22.0 Å². The number of para-hydroxylation sites is 2. The highest BCUT2D eigenvalue weighted by Gasteiger charge is 2.27. The van der Waals surface area contributed by atoms with E-state index in [2.05, 4.69) is 4.74 Å². The molecule has 1 aromatic heterocycles. The maximum absolute atomic E-state index is 13.7. The predicted octanol–water partition coefficient (Wildman–Crippen LogP) is 5.66. The third kappa shape index (κ3) is 5.17. The van der Waals surface area contributed by atoms with E-state index < -0.39 is 52.8 Å². The summed E-state index contributed by atoms with van der Waals surface area (Å²) in [5.74, 6) is -13.7. The summed E-state index contributed by atoms with van der Waals surface area (Å²) < 4.78 is 92.8. The Kier molecular flexibility index (Phi) is 7.27. The zero-order valence-corrected chi connectivity index (χ0v) is 18.8. The molecule has 4 aromatic rings. The molecular weight excluding hydrogens is 507 g/mol. The van der Waals surface area contributed by atoms with Crippen molar-refractivity contribution >= 4 is 16.9 Å². The largest absolute Gasteiger partial charge is 0.490 e. The minimum absolute atomic E-state index is 0.00132. The van der Waals surface area contributed by atoms with Crippen molar-refractivity contribution in [3.8, 4) is 28.7 Å². The van der Waals surface area contributed by atoms with Gasteiger partial charge in [0.2, 0.25) is 40.3 Å². The van der Waals surface area contributed by atoms with Crippen molar-refractivity contribution < 1.29 is 50.1 Å². The summed E-state index contributed by atoms with van der Waals surface area (Å²) in [4.78, 5) is 24.8. The van der Waals surface area contributed by atoms with Crippen LogP contribution >= 0.6 is 0 Å². The van der Waals surface area contributed by atoms with Gasteiger partial charge in [0.1, 0.15) is 17.6 Å². The SMILES string of the molecule is CCOc1ccccc1Oc1coc2cc(OC(=O)COc3c(F)c(F)c(F)c(F)c3F)ccc2c1=O. The maximum atomic E-state index is 13.7. The van der Waals surface area contributed by atoms with Crippen molar-refractivity contribution in [1.29, 1.82) is 0 Å². The van der Waals surface area contributed by atoms with Gasteiger partial charge in [0.15, 0.2) is 23.9 Å². The molecule has 0 radical (unpaired) electrons. The van der Waals surface area contributed by atoms with Crippen molar-refractivity contribution in [2.45, 2.75) is 6.92 Å². The van der Waals surface area contributed by atoms with E-state index in [0.717, 1.165) is 6.26 Å². The molecular formula is C25H15F5O7. The zero-order valence-electron chi connectivity index (χ0n) is 18.8. The van der Waals surface area contributed by atoms with E-state index in [4.69, 9.17) is 18.6 Å². The van der Waals surface area contributed by atoms with Crippen LogP contribution in [0.5, 0.6) is 28.7 Å². The van der Waals surface area contributed by atoms with E-state index in [1.165, 1.54) is 18.2 Å². The lowest BCUT2D eigenvalue weighted by atomic mass is 10.2.